The number of benzene rings is 2. The van der Waals surface area contributed by atoms with Crippen LogP contribution in [0.1, 0.15) is 34.1 Å². The molecule has 0 aliphatic carbocycles. The SMILES string of the molecule is CC(=O)OC[C@@H]1O[C@H](Oc2ccc3c(=O)c(-c4ccc5c(c4)OCCCO5)coc3c2)[C@@H](OC(C)=O)[C@@H](OC(C)=O)[C@@H]1OC(C)=O. The Morgan fingerprint density at radius 1 is 0.783 bits per heavy atom. The fraction of sp³-hybridized carbons (Fsp3) is 0.406. The monoisotopic (exact) mass is 640 g/mol. The van der Waals surface area contributed by atoms with Crippen molar-refractivity contribution in [3.8, 4) is 28.4 Å². The fourth-order valence-electron chi connectivity index (χ4n) is 5.13. The lowest BCUT2D eigenvalue weighted by Gasteiger charge is -2.43. The second kappa shape index (κ2) is 13.9. The molecule has 3 aromatic rings. The first kappa shape index (κ1) is 32.3. The Kier molecular flexibility index (Phi) is 9.75. The van der Waals surface area contributed by atoms with E-state index in [1.807, 2.05) is 0 Å². The molecule has 1 saturated heterocycles. The molecule has 14 heteroatoms. The van der Waals surface area contributed by atoms with Crippen molar-refractivity contribution in [1.29, 1.82) is 0 Å². The van der Waals surface area contributed by atoms with E-state index in [-0.39, 0.29) is 22.1 Å². The van der Waals surface area contributed by atoms with E-state index >= 15 is 0 Å². The first-order valence-electron chi connectivity index (χ1n) is 14.4. The van der Waals surface area contributed by atoms with Crippen molar-refractivity contribution in [3.05, 3.63) is 52.9 Å². The average Bonchev–Trinajstić information content (AvgIpc) is 3.24. The third-order valence-corrected chi connectivity index (χ3v) is 7.01. The summed E-state index contributed by atoms with van der Waals surface area (Å²) in [6.07, 6.45) is -4.74. The van der Waals surface area contributed by atoms with Crippen LogP contribution < -0.4 is 19.6 Å². The van der Waals surface area contributed by atoms with Crippen molar-refractivity contribution in [2.45, 2.75) is 64.8 Å². The van der Waals surface area contributed by atoms with Crippen LogP contribution in [0.15, 0.2) is 51.9 Å². The Labute approximate surface area is 262 Å². The number of hydrogen-bond acceptors (Lipinski definition) is 14. The molecule has 0 radical (unpaired) electrons. The van der Waals surface area contributed by atoms with Crippen LogP contribution in [0.25, 0.3) is 22.1 Å². The lowest BCUT2D eigenvalue weighted by molar-refractivity contribution is -0.288. The zero-order chi connectivity index (χ0) is 33.0. The first-order valence-corrected chi connectivity index (χ1v) is 14.4. The zero-order valence-electron chi connectivity index (χ0n) is 25.5. The summed E-state index contributed by atoms with van der Waals surface area (Å²) in [6, 6.07) is 9.61. The highest BCUT2D eigenvalue weighted by Crippen LogP contribution is 2.35. The van der Waals surface area contributed by atoms with Gasteiger partial charge in [-0.25, -0.2) is 0 Å². The zero-order valence-corrected chi connectivity index (χ0v) is 25.5. The fourth-order valence-corrected chi connectivity index (χ4v) is 5.13. The summed E-state index contributed by atoms with van der Waals surface area (Å²) in [5.74, 6) is -1.70. The number of ether oxygens (including phenoxy) is 8. The Morgan fingerprint density at radius 3 is 2.15 bits per heavy atom. The topological polar surface area (TPSA) is 172 Å². The van der Waals surface area contributed by atoms with Gasteiger partial charge in [-0.1, -0.05) is 6.07 Å². The van der Waals surface area contributed by atoms with Gasteiger partial charge in [-0.15, -0.1) is 0 Å². The number of rotatable bonds is 8. The van der Waals surface area contributed by atoms with Crippen molar-refractivity contribution >= 4 is 34.8 Å². The third-order valence-electron chi connectivity index (χ3n) is 7.01. The predicted molar refractivity (Wildman–Crippen MR) is 156 cm³/mol. The Hall–Kier alpha value is -5.11. The van der Waals surface area contributed by atoms with Gasteiger partial charge < -0.3 is 42.3 Å². The minimum absolute atomic E-state index is 0.125. The lowest BCUT2D eigenvalue weighted by atomic mass is 9.98. The van der Waals surface area contributed by atoms with Crippen LogP contribution in [-0.2, 0) is 42.9 Å². The molecular formula is C32H32O14. The maximum absolute atomic E-state index is 13.5. The lowest BCUT2D eigenvalue weighted by Crippen LogP contribution is -2.63. The molecule has 0 unspecified atom stereocenters. The van der Waals surface area contributed by atoms with Crippen molar-refractivity contribution in [3.63, 3.8) is 0 Å². The van der Waals surface area contributed by atoms with Gasteiger partial charge in [0.05, 0.1) is 24.2 Å². The molecular weight excluding hydrogens is 608 g/mol. The Bertz CT molecular complexity index is 1690. The maximum atomic E-state index is 13.5. The van der Waals surface area contributed by atoms with E-state index in [0.717, 1.165) is 27.2 Å². The van der Waals surface area contributed by atoms with E-state index in [4.69, 9.17) is 42.3 Å². The Morgan fingerprint density at radius 2 is 1.46 bits per heavy atom. The summed E-state index contributed by atoms with van der Waals surface area (Å²) in [4.78, 5) is 61.2. The predicted octanol–water partition coefficient (Wildman–Crippen LogP) is 3.08. The third kappa shape index (κ3) is 7.40. The molecule has 5 rings (SSSR count). The molecule has 0 saturated carbocycles. The van der Waals surface area contributed by atoms with Gasteiger partial charge in [0.1, 0.15) is 30.3 Å². The van der Waals surface area contributed by atoms with Crippen LogP contribution in [0.5, 0.6) is 17.2 Å². The number of esters is 4. The first-order chi connectivity index (χ1) is 22.0. The largest absolute Gasteiger partial charge is 0.490 e. The molecule has 3 heterocycles. The summed E-state index contributed by atoms with van der Waals surface area (Å²) in [5, 5.41) is 0.249. The molecule has 0 spiro atoms. The van der Waals surface area contributed by atoms with E-state index in [1.54, 1.807) is 18.2 Å². The van der Waals surface area contributed by atoms with Gasteiger partial charge in [-0.2, -0.15) is 0 Å². The molecule has 2 aromatic carbocycles. The molecule has 1 aromatic heterocycles. The summed E-state index contributed by atoms with van der Waals surface area (Å²) < 4.78 is 50.6. The molecule has 5 atom stereocenters. The molecule has 1 fully saturated rings. The van der Waals surface area contributed by atoms with E-state index in [0.29, 0.717) is 35.8 Å². The highest BCUT2D eigenvalue weighted by molar-refractivity contribution is 5.83. The molecule has 14 nitrogen and oxygen atoms in total. The van der Waals surface area contributed by atoms with Crippen LogP contribution in [0.2, 0.25) is 0 Å². The second-order valence-corrected chi connectivity index (χ2v) is 10.5. The highest BCUT2D eigenvalue weighted by atomic mass is 16.7. The second-order valence-electron chi connectivity index (χ2n) is 10.5. The summed E-state index contributed by atoms with van der Waals surface area (Å²) in [7, 11) is 0. The van der Waals surface area contributed by atoms with E-state index in [9.17, 15) is 24.0 Å². The number of carbonyl (C=O) groups excluding carboxylic acids is 4. The normalized spacial score (nSPS) is 22.2. The van der Waals surface area contributed by atoms with Crippen LogP contribution in [-0.4, -0.2) is 74.4 Å². The van der Waals surface area contributed by atoms with Gasteiger partial charge in [0, 0.05) is 40.2 Å². The van der Waals surface area contributed by atoms with E-state index in [1.165, 1.54) is 31.4 Å². The highest BCUT2D eigenvalue weighted by Gasteiger charge is 2.53. The standard InChI is InChI=1S/C32H32O14/c1-16(33)40-15-27-29(42-17(2)34)30(43-18(3)35)31(44-19(4)36)32(46-27)45-21-7-8-22-25(13-21)41-14-23(28(22)37)20-6-9-24-26(12-20)39-11-5-10-38-24/h6-9,12-14,27,29-32H,5,10-11,15H2,1-4H3/t27-,29+,30-,31-,32-/m0/s1. The van der Waals surface area contributed by atoms with Crippen LogP contribution in [0, 0.1) is 0 Å². The average molecular weight is 641 g/mol. The van der Waals surface area contributed by atoms with Gasteiger partial charge in [0.15, 0.2) is 29.1 Å². The summed E-state index contributed by atoms with van der Waals surface area (Å²) >= 11 is 0. The summed E-state index contributed by atoms with van der Waals surface area (Å²) in [6.45, 7) is 5.16. The summed E-state index contributed by atoms with van der Waals surface area (Å²) in [5.41, 5.74) is 0.745. The molecule has 244 valence electrons. The number of hydrogen-bond donors (Lipinski definition) is 0. The smallest absolute Gasteiger partial charge is 0.303 e. The Balaban J connectivity index is 1.46. The number of fused-ring (bicyclic) bond motifs is 2. The minimum Gasteiger partial charge on any atom is -0.490 e. The molecule has 46 heavy (non-hydrogen) atoms. The van der Waals surface area contributed by atoms with Crippen molar-refractivity contribution in [2.75, 3.05) is 19.8 Å². The van der Waals surface area contributed by atoms with Crippen LogP contribution >= 0.6 is 0 Å². The van der Waals surface area contributed by atoms with Crippen LogP contribution in [0.4, 0.5) is 0 Å². The van der Waals surface area contributed by atoms with E-state index < -0.39 is 61.2 Å². The molecule has 0 bridgehead atoms. The van der Waals surface area contributed by atoms with Gasteiger partial charge >= 0.3 is 23.9 Å². The molecule has 2 aliphatic rings. The number of carbonyl (C=O) groups is 4. The van der Waals surface area contributed by atoms with Gasteiger partial charge in [0.25, 0.3) is 0 Å². The quantitative estimate of drug-likeness (QED) is 0.260. The minimum atomic E-state index is -1.45. The maximum Gasteiger partial charge on any atom is 0.303 e. The molecule has 0 amide bonds. The van der Waals surface area contributed by atoms with Crippen molar-refractivity contribution in [2.24, 2.45) is 0 Å². The van der Waals surface area contributed by atoms with Crippen molar-refractivity contribution < 1.29 is 61.5 Å². The van der Waals surface area contributed by atoms with Gasteiger partial charge in [-0.3, -0.25) is 24.0 Å². The van der Waals surface area contributed by atoms with E-state index in [2.05, 4.69) is 0 Å². The van der Waals surface area contributed by atoms with Gasteiger partial charge in [-0.05, 0) is 29.8 Å². The van der Waals surface area contributed by atoms with Gasteiger partial charge in [0.2, 0.25) is 12.4 Å². The molecule has 0 N–H and O–H groups in total. The van der Waals surface area contributed by atoms with Crippen molar-refractivity contribution in [1.82, 2.24) is 0 Å². The molecule has 2 aliphatic heterocycles. The van der Waals surface area contributed by atoms with Crippen LogP contribution in [0.3, 0.4) is 0 Å².